The summed E-state index contributed by atoms with van der Waals surface area (Å²) in [7, 11) is 0. The fraction of sp³-hybridized carbons (Fsp3) is 0.250. The van der Waals surface area contributed by atoms with Gasteiger partial charge in [-0.05, 0) is 23.6 Å². The third-order valence-electron chi connectivity index (χ3n) is 3.55. The topological polar surface area (TPSA) is 70.6 Å². The molecule has 0 spiro atoms. The number of carbonyl (C=O) groups is 2. The third-order valence-corrected chi connectivity index (χ3v) is 3.55. The van der Waals surface area contributed by atoms with Crippen molar-refractivity contribution in [2.75, 3.05) is 5.32 Å². The second kappa shape index (κ2) is 9.37. The molecule has 25 heavy (non-hydrogen) atoms. The van der Waals surface area contributed by atoms with Crippen LogP contribution in [0.1, 0.15) is 32.3 Å². The van der Waals surface area contributed by atoms with Gasteiger partial charge in [-0.25, -0.2) is 5.43 Å². The van der Waals surface area contributed by atoms with E-state index in [0.29, 0.717) is 0 Å². The zero-order valence-electron chi connectivity index (χ0n) is 14.5. The summed E-state index contributed by atoms with van der Waals surface area (Å²) >= 11 is 0. The van der Waals surface area contributed by atoms with Gasteiger partial charge in [-0.3, -0.25) is 9.59 Å². The molecule has 5 heteroatoms. The number of anilines is 1. The normalized spacial score (nSPS) is 11.2. The molecule has 0 aliphatic heterocycles. The van der Waals surface area contributed by atoms with E-state index in [1.807, 2.05) is 62.4 Å². The van der Waals surface area contributed by atoms with Crippen LogP contribution in [0.15, 0.2) is 65.8 Å². The first-order valence-corrected chi connectivity index (χ1v) is 8.33. The van der Waals surface area contributed by atoms with Crippen LogP contribution in [0.5, 0.6) is 0 Å². The fourth-order valence-electron chi connectivity index (χ4n) is 2.29. The number of benzene rings is 2. The Morgan fingerprint density at radius 1 is 0.880 bits per heavy atom. The van der Waals surface area contributed by atoms with Crippen molar-refractivity contribution in [3.8, 4) is 0 Å². The lowest BCUT2D eigenvalue weighted by molar-refractivity contribution is -0.124. The van der Waals surface area contributed by atoms with Gasteiger partial charge in [-0.15, -0.1) is 0 Å². The lowest BCUT2D eigenvalue weighted by atomic mass is 10.0. The van der Waals surface area contributed by atoms with E-state index >= 15 is 0 Å². The predicted molar refractivity (Wildman–Crippen MR) is 100 cm³/mol. The summed E-state index contributed by atoms with van der Waals surface area (Å²) in [5.41, 5.74) is 5.05. The number of rotatable bonds is 7. The van der Waals surface area contributed by atoms with E-state index in [1.165, 1.54) is 0 Å². The average molecular weight is 337 g/mol. The molecule has 0 aliphatic carbocycles. The molecule has 2 amide bonds. The van der Waals surface area contributed by atoms with Gasteiger partial charge in [0.2, 0.25) is 11.8 Å². The van der Waals surface area contributed by atoms with Gasteiger partial charge in [0.05, 0.1) is 5.71 Å². The van der Waals surface area contributed by atoms with Crippen LogP contribution in [-0.2, 0) is 9.59 Å². The number of hydrazone groups is 1. The minimum atomic E-state index is -0.280. The molecule has 0 radical (unpaired) electrons. The molecule has 0 saturated heterocycles. The largest absolute Gasteiger partial charge is 0.326 e. The van der Waals surface area contributed by atoms with E-state index < -0.39 is 0 Å². The van der Waals surface area contributed by atoms with Crippen molar-refractivity contribution >= 4 is 23.2 Å². The first kappa shape index (κ1) is 18.4. The zero-order chi connectivity index (χ0) is 18.1. The Morgan fingerprint density at radius 2 is 1.44 bits per heavy atom. The van der Waals surface area contributed by atoms with Crippen molar-refractivity contribution in [3.63, 3.8) is 0 Å². The van der Waals surface area contributed by atoms with E-state index in [0.717, 1.165) is 17.0 Å². The Hall–Kier alpha value is -2.95. The van der Waals surface area contributed by atoms with Crippen LogP contribution in [0, 0.1) is 5.92 Å². The van der Waals surface area contributed by atoms with Gasteiger partial charge < -0.3 is 5.32 Å². The summed E-state index contributed by atoms with van der Waals surface area (Å²) in [5, 5.41) is 6.99. The SMILES string of the molecule is CC(C)/C(=N/NC(=O)CCC(=O)Nc1ccccc1)c1ccccc1. The summed E-state index contributed by atoms with van der Waals surface area (Å²) in [6, 6.07) is 18.9. The lowest BCUT2D eigenvalue weighted by Crippen LogP contribution is -2.23. The third kappa shape index (κ3) is 6.22. The summed E-state index contributed by atoms with van der Waals surface area (Å²) < 4.78 is 0. The second-order valence-electron chi connectivity index (χ2n) is 5.97. The van der Waals surface area contributed by atoms with Crippen LogP contribution in [0.2, 0.25) is 0 Å². The van der Waals surface area contributed by atoms with Crippen LogP contribution >= 0.6 is 0 Å². The van der Waals surface area contributed by atoms with Crippen molar-refractivity contribution < 1.29 is 9.59 Å². The highest BCUT2D eigenvalue weighted by molar-refractivity contribution is 6.02. The highest BCUT2D eigenvalue weighted by atomic mass is 16.2. The van der Waals surface area contributed by atoms with Crippen molar-refractivity contribution in [2.45, 2.75) is 26.7 Å². The quantitative estimate of drug-likeness (QED) is 0.599. The maximum absolute atomic E-state index is 12.0. The first-order chi connectivity index (χ1) is 12.1. The first-order valence-electron chi connectivity index (χ1n) is 8.33. The Balaban J connectivity index is 1.85. The van der Waals surface area contributed by atoms with E-state index in [4.69, 9.17) is 0 Å². The minimum Gasteiger partial charge on any atom is -0.326 e. The van der Waals surface area contributed by atoms with E-state index in [-0.39, 0.29) is 30.6 Å². The van der Waals surface area contributed by atoms with Crippen molar-refractivity contribution in [1.82, 2.24) is 5.43 Å². The Kier molecular flexibility index (Phi) is 6.89. The van der Waals surface area contributed by atoms with Gasteiger partial charge in [-0.1, -0.05) is 62.4 Å². The molecule has 0 atom stereocenters. The molecular weight excluding hydrogens is 314 g/mol. The minimum absolute atomic E-state index is 0.0856. The number of carbonyl (C=O) groups excluding carboxylic acids is 2. The van der Waals surface area contributed by atoms with Crippen LogP contribution in [0.4, 0.5) is 5.69 Å². The number of para-hydroxylation sites is 1. The molecule has 2 N–H and O–H groups in total. The summed E-state index contributed by atoms with van der Waals surface area (Å²) in [5.74, 6) is -0.307. The summed E-state index contributed by atoms with van der Waals surface area (Å²) in [4.78, 5) is 23.8. The predicted octanol–water partition coefficient (Wildman–Crippen LogP) is 3.58. The van der Waals surface area contributed by atoms with Gasteiger partial charge in [0.1, 0.15) is 0 Å². The van der Waals surface area contributed by atoms with Crippen LogP contribution in [0.25, 0.3) is 0 Å². The standard InChI is InChI=1S/C20H23N3O2/c1-15(2)20(16-9-5-3-6-10-16)23-22-19(25)14-13-18(24)21-17-11-7-4-8-12-17/h3-12,15H,13-14H2,1-2H3,(H,21,24)(H,22,25)/b23-20-. The Labute approximate surface area is 148 Å². The maximum atomic E-state index is 12.0. The average Bonchev–Trinajstić information content (AvgIpc) is 2.61. The van der Waals surface area contributed by atoms with E-state index in [2.05, 4.69) is 15.8 Å². The molecule has 2 aromatic carbocycles. The molecular formula is C20H23N3O2. The van der Waals surface area contributed by atoms with Crippen molar-refractivity contribution in [2.24, 2.45) is 11.0 Å². The molecule has 0 saturated carbocycles. The zero-order valence-corrected chi connectivity index (χ0v) is 14.5. The number of nitrogens with zero attached hydrogens (tertiary/aromatic N) is 1. The van der Waals surface area contributed by atoms with Gasteiger partial charge >= 0.3 is 0 Å². The molecule has 0 unspecified atom stereocenters. The number of hydrogen-bond acceptors (Lipinski definition) is 3. The van der Waals surface area contributed by atoms with Crippen LogP contribution in [-0.4, -0.2) is 17.5 Å². The van der Waals surface area contributed by atoms with Crippen LogP contribution < -0.4 is 10.7 Å². The highest BCUT2D eigenvalue weighted by Gasteiger charge is 2.10. The van der Waals surface area contributed by atoms with Gasteiger partial charge in [0, 0.05) is 18.5 Å². The Bertz CT molecular complexity index is 725. The van der Waals surface area contributed by atoms with Crippen molar-refractivity contribution in [3.05, 3.63) is 66.2 Å². The number of amides is 2. The van der Waals surface area contributed by atoms with Gasteiger partial charge in [0.15, 0.2) is 0 Å². The van der Waals surface area contributed by atoms with Crippen LogP contribution in [0.3, 0.4) is 0 Å². The van der Waals surface area contributed by atoms with E-state index in [9.17, 15) is 9.59 Å². The molecule has 0 fully saturated rings. The lowest BCUT2D eigenvalue weighted by Gasteiger charge is -2.10. The molecule has 5 nitrogen and oxygen atoms in total. The monoisotopic (exact) mass is 337 g/mol. The molecule has 130 valence electrons. The van der Waals surface area contributed by atoms with E-state index in [1.54, 1.807) is 12.1 Å². The van der Waals surface area contributed by atoms with Gasteiger partial charge in [-0.2, -0.15) is 5.10 Å². The molecule has 2 aromatic rings. The Morgan fingerprint density at radius 3 is 2.04 bits per heavy atom. The van der Waals surface area contributed by atoms with Crippen molar-refractivity contribution in [1.29, 1.82) is 0 Å². The molecule has 0 bridgehead atoms. The molecule has 0 aliphatic rings. The second-order valence-corrected chi connectivity index (χ2v) is 5.97. The van der Waals surface area contributed by atoms with Gasteiger partial charge in [0.25, 0.3) is 0 Å². The highest BCUT2D eigenvalue weighted by Crippen LogP contribution is 2.09. The number of nitrogens with one attached hydrogen (secondary N) is 2. The maximum Gasteiger partial charge on any atom is 0.240 e. The molecule has 2 rings (SSSR count). The summed E-state index contributed by atoms with van der Waals surface area (Å²) in [6.45, 7) is 4.04. The number of hydrogen-bond donors (Lipinski definition) is 2. The smallest absolute Gasteiger partial charge is 0.240 e. The fourth-order valence-corrected chi connectivity index (χ4v) is 2.29. The molecule has 0 aromatic heterocycles. The molecule has 0 heterocycles. The summed E-state index contributed by atoms with van der Waals surface area (Å²) in [6.07, 6.45) is 0.195.